The van der Waals surface area contributed by atoms with Crippen LogP contribution in [0.1, 0.15) is 29.5 Å². The third-order valence-electron chi connectivity index (χ3n) is 5.91. The number of para-hydroxylation sites is 1. The molecule has 0 unspecified atom stereocenters. The highest BCUT2D eigenvalue weighted by Gasteiger charge is 2.15. The molecule has 1 N–H and O–H groups in total. The predicted molar refractivity (Wildman–Crippen MR) is 133 cm³/mol. The van der Waals surface area contributed by atoms with Gasteiger partial charge >= 0.3 is 0 Å². The van der Waals surface area contributed by atoms with Gasteiger partial charge in [-0.15, -0.1) is 0 Å². The summed E-state index contributed by atoms with van der Waals surface area (Å²) in [4.78, 5) is 0. The van der Waals surface area contributed by atoms with E-state index in [1.807, 2.05) is 54.6 Å². The molecule has 0 aliphatic rings. The molecule has 0 heterocycles. The van der Waals surface area contributed by atoms with Gasteiger partial charge in [0, 0.05) is 16.7 Å². The lowest BCUT2D eigenvalue weighted by Gasteiger charge is -2.16. The molecule has 2 nitrogen and oxygen atoms in total. The largest absolute Gasteiger partial charge is 0.507 e. The molecule has 2 heteroatoms. The van der Waals surface area contributed by atoms with Gasteiger partial charge in [0.25, 0.3) is 0 Å². The third kappa shape index (κ3) is 5.03. The second-order valence-electron chi connectivity index (χ2n) is 8.30. The number of phenolic OH excluding ortho intramolecular Hbond substituents is 1. The highest BCUT2D eigenvalue weighted by molar-refractivity contribution is 5.84. The SMILES string of the molecule is Cc1ccc(OCCCCc2ccccc2C)c(-c2cccc(-c3ccccc3)c2O)c1. The average molecular weight is 423 g/mol. The maximum atomic E-state index is 11.1. The number of hydrogen-bond acceptors (Lipinski definition) is 2. The molecule has 0 aliphatic heterocycles. The molecule has 0 fully saturated rings. The van der Waals surface area contributed by atoms with Crippen LogP contribution in [0.5, 0.6) is 11.5 Å². The van der Waals surface area contributed by atoms with Crippen LogP contribution in [-0.2, 0) is 6.42 Å². The molecule has 0 bridgehead atoms. The fourth-order valence-corrected chi connectivity index (χ4v) is 4.08. The Morgan fingerprint density at radius 2 is 1.44 bits per heavy atom. The van der Waals surface area contributed by atoms with Crippen molar-refractivity contribution in [3.8, 4) is 33.8 Å². The summed E-state index contributed by atoms with van der Waals surface area (Å²) in [5.41, 5.74) is 7.45. The number of aromatic hydroxyl groups is 1. The monoisotopic (exact) mass is 422 g/mol. The Kier molecular flexibility index (Phi) is 6.91. The number of aryl methyl sites for hydroxylation is 3. The van der Waals surface area contributed by atoms with Gasteiger partial charge in [-0.2, -0.15) is 0 Å². The minimum Gasteiger partial charge on any atom is -0.507 e. The molecular formula is C30H30O2. The van der Waals surface area contributed by atoms with E-state index >= 15 is 0 Å². The van der Waals surface area contributed by atoms with Gasteiger partial charge in [0.2, 0.25) is 0 Å². The molecule has 162 valence electrons. The summed E-state index contributed by atoms with van der Waals surface area (Å²) >= 11 is 0. The summed E-state index contributed by atoms with van der Waals surface area (Å²) in [6.45, 7) is 4.88. The van der Waals surface area contributed by atoms with Crippen LogP contribution in [0.25, 0.3) is 22.3 Å². The topological polar surface area (TPSA) is 29.5 Å². The first kappa shape index (κ1) is 21.7. The van der Waals surface area contributed by atoms with Crippen LogP contribution in [0.2, 0.25) is 0 Å². The highest BCUT2D eigenvalue weighted by Crippen LogP contribution is 2.41. The van der Waals surface area contributed by atoms with Crippen molar-refractivity contribution < 1.29 is 9.84 Å². The second kappa shape index (κ2) is 10.2. The van der Waals surface area contributed by atoms with E-state index in [1.165, 1.54) is 11.1 Å². The average Bonchev–Trinajstić information content (AvgIpc) is 2.81. The summed E-state index contributed by atoms with van der Waals surface area (Å²) < 4.78 is 6.20. The number of rotatable bonds is 8. The van der Waals surface area contributed by atoms with Crippen LogP contribution in [0.3, 0.4) is 0 Å². The standard InChI is InChI=1S/C30H30O2/c1-22-18-19-29(32-20-9-8-13-24-12-7-6-11-23(24)2)28(21-22)27-17-10-16-26(30(27)31)25-14-4-3-5-15-25/h3-7,10-12,14-19,21,31H,8-9,13,20H2,1-2H3. The molecule has 0 amide bonds. The van der Waals surface area contributed by atoms with Gasteiger partial charge < -0.3 is 9.84 Å². The molecule has 0 aromatic heterocycles. The molecule has 0 saturated carbocycles. The van der Waals surface area contributed by atoms with Gasteiger partial charge in [-0.25, -0.2) is 0 Å². The maximum Gasteiger partial charge on any atom is 0.131 e. The lowest BCUT2D eigenvalue weighted by molar-refractivity contribution is 0.308. The quantitative estimate of drug-likeness (QED) is 0.294. The fourth-order valence-electron chi connectivity index (χ4n) is 4.08. The van der Waals surface area contributed by atoms with E-state index < -0.39 is 0 Å². The zero-order valence-corrected chi connectivity index (χ0v) is 18.8. The van der Waals surface area contributed by atoms with E-state index in [1.54, 1.807) is 0 Å². The minimum absolute atomic E-state index is 0.286. The molecule has 0 saturated heterocycles. The summed E-state index contributed by atoms with van der Waals surface area (Å²) in [5, 5.41) is 11.1. The number of unbranched alkanes of at least 4 members (excludes halogenated alkanes) is 1. The molecule has 4 rings (SSSR count). The van der Waals surface area contributed by atoms with Crippen LogP contribution < -0.4 is 4.74 Å². The first-order chi connectivity index (χ1) is 15.6. The van der Waals surface area contributed by atoms with E-state index in [2.05, 4.69) is 50.2 Å². The number of hydrogen-bond donors (Lipinski definition) is 1. The van der Waals surface area contributed by atoms with E-state index in [-0.39, 0.29) is 5.75 Å². The van der Waals surface area contributed by atoms with Crippen LogP contribution in [0, 0.1) is 13.8 Å². The Bertz CT molecular complexity index is 1180. The van der Waals surface area contributed by atoms with Crippen molar-refractivity contribution >= 4 is 0 Å². The van der Waals surface area contributed by atoms with Crippen molar-refractivity contribution in [2.24, 2.45) is 0 Å². The maximum absolute atomic E-state index is 11.1. The van der Waals surface area contributed by atoms with E-state index in [9.17, 15) is 5.11 Å². The Morgan fingerprint density at radius 1 is 0.688 bits per heavy atom. The lowest BCUT2D eigenvalue weighted by atomic mass is 9.96. The van der Waals surface area contributed by atoms with Gasteiger partial charge in [-0.3, -0.25) is 0 Å². The molecule has 32 heavy (non-hydrogen) atoms. The van der Waals surface area contributed by atoms with Crippen molar-refractivity contribution in [3.05, 3.63) is 108 Å². The third-order valence-corrected chi connectivity index (χ3v) is 5.91. The summed E-state index contributed by atoms with van der Waals surface area (Å²) in [7, 11) is 0. The van der Waals surface area contributed by atoms with E-state index in [0.717, 1.165) is 52.8 Å². The molecule has 0 atom stereocenters. The van der Waals surface area contributed by atoms with Crippen molar-refractivity contribution in [1.82, 2.24) is 0 Å². The number of benzene rings is 4. The zero-order chi connectivity index (χ0) is 22.3. The van der Waals surface area contributed by atoms with Crippen LogP contribution in [-0.4, -0.2) is 11.7 Å². The molecule has 0 aliphatic carbocycles. The summed E-state index contributed by atoms with van der Waals surface area (Å²) in [6.07, 6.45) is 3.13. The Hall–Kier alpha value is -3.52. The van der Waals surface area contributed by atoms with Gasteiger partial charge in [0.15, 0.2) is 0 Å². The van der Waals surface area contributed by atoms with Crippen molar-refractivity contribution in [2.75, 3.05) is 6.61 Å². The fraction of sp³-hybridized carbons (Fsp3) is 0.200. The normalized spacial score (nSPS) is 10.8. The van der Waals surface area contributed by atoms with Gasteiger partial charge in [0.1, 0.15) is 11.5 Å². The molecule has 4 aromatic rings. The zero-order valence-electron chi connectivity index (χ0n) is 18.8. The predicted octanol–water partition coefficient (Wildman–Crippen LogP) is 7.74. The van der Waals surface area contributed by atoms with Crippen LogP contribution >= 0.6 is 0 Å². The van der Waals surface area contributed by atoms with Crippen LogP contribution in [0.15, 0.2) is 91.0 Å². The van der Waals surface area contributed by atoms with Crippen molar-refractivity contribution in [1.29, 1.82) is 0 Å². The smallest absolute Gasteiger partial charge is 0.131 e. The Morgan fingerprint density at radius 3 is 2.25 bits per heavy atom. The van der Waals surface area contributed by atoms with Crippen LogP contribution in [0.4, 0.5) is 0 Å². The van der Waals surface area contributed by atoms with Gasteiger partial charge in [0.05, 0.1) is 6.61 Å². The summed E-state index contributed by atoms with van der Waals surface area (Å²) in [5.74, 6) is 1.10. The first-order valence-corrected chi connectivity index (χ1v) is 11.3. The number of ether oxygens (including phenoxy) is 1. The Labute approximate surface area is 191 Å². The van der Waals surface area contributed by atoms with Gasteiger partial charge in [-0.1, -0.05) is 84.4 Å². The van der Waals surface area contributed by atoms with E-state index in [0.29, 0.717) is 6.61 Å². The lowest BCUT2D eigenvalue weighted by Crippen LogP contribution is -2.01. The van der Waals surface area contributed by atoms with Crippen molar-refractivity contribution in [3.63, 3.8) is 0 Å². The molecular weight excluding hydrogens is 392 g/mol. The Balaban J connectivity index is 1.50. The van der Waals surface area contributed by atoms with E-state index in [4.69, 9.17) is 4.74 Å². The highest BCUT2D eigenvalue weighted by atomic mass is 16.5. The molecule has 0 spiro atoms. The minimum atomic E-state index is 0.286. The van der Waals surface area contributed by atoms with Crippen molar-refractivity contribution in [2.45, 2.75) is 33.1 Å². The molecule has 0 radical (unpaired) electrons. The number of phenols is 1. The second-order valence-corrected chi connectivity index (χ2v) is 8.30. The first-order valence-electron chi connectivity index (χ1n) is 11.3. The summed E-state index contributed by atoms with van der Waals surface area (Å²) in [6, 6.07) is 30.6. The molecule has 4 aromatic carbocycles. The van der Waals surface area contributed by atoms with Gasteiger partial charge in [-0.05, 0) is 61.9 Å².